The summed E-state index contributed by atoms with van der Waals surface area (Å²) in [6.07, 6.45) is 3.83. The number of hydrogen-bond acceptors (Lipinski definition) is 2. The highest BCUT2D eigenvalue weighted by atomic mass is 16.5. The Labute approximate surface area is 88.4 Å². The van der Waals surface area contributed by atoms with Crippen molar-refractivity contribution < 1.29 is 4.74 Å². The van der Waals surface area contributed by atoms with Crippen LogP contribution in [0, 0.1) is 11.3 Å². The molecule has 0 aromatic rings. The van der Waals surface area contributed by atoms with E-state index in [-0.39, 0.29) is 0 Å². The van der Waals surface area contributed by atoms with E-state index in [0.29, 0.717) is 11.5 Å². The van der Waals surface area contributed by atoms with Gasteiger partial charge in [-0.15, -0.1) is 0 Å². The number of rotatable bonds is 7. The van der Waals surface area contributed by atoms with Crippen LogP contribution in [0.25, 0.3) is 0 Å². The molecule has 1 aliphatic carbocycles. The summed E-state index contributed by atoms with van der Waals surface area (Å²) in [4.78, 5) is 0. The predicted molar refractivity (Wildman–Crippen MR) is 60.5 cm³/mol. The third-order valence-electron chi connectivity index (χ3n) is 3.41. The molecular weight excluding hydrogens is 174 g/mol. The van der Waals surface area contributed by atoms with E-state index < -0.39 is 0 Å². The maximum absolute atomic E-state index is 5.09. The van der Waals surface area contributed by atoms with Crippen LogP contribution in [0.4, 0.5) is 0 Å². The lowest BCUT2D eigenvalue weighted by Crippen LogP contribution is -2.32. The van der Waals surface area contributed by atoms with Crippen molar-refractivity contribution in [3.05, 3.63) is 0 Å². The minimum absolute atomic E-state index is 0.583. The third-order valence-corrected chi connectivity index (χ3v) is 3.41. The zero-order chi connectivity index (χ0) is 10.6. The average Bonchev–Trinajstić information content (AvgIpc) is 2.74. The highest BCUT2D eigenvalue weighted by Gasteiger charge is 2.49. The second kappa shape index (κ2) is 5.13. The molecule has 0 bridgehead atoms. The van der Waals surface area contributed by atoms with E-state index in [1.165, 1.54) is 19.3 Å². The molecule has 2 atom stereocenters. The monoisotopic (exact) mass is 199 g/mol. The van der Waals surface area contributed by atoms with E-state index in [1.54, 1.807) is 7.11 Å². The summed E-state index contributed by atoms with van der Waals surface area (Å²) in [5.41, 5.74) is 0.583. The van der Waals surface area contributed by atoms with Crippen molar-refractivity contribution in [2.45, 2.75) is 46.1 Å². The fourth-order valence-corrected chi connectivity index (χ4v) is 2.35. The molecule has 0 radical (unpaired) electrons. The second-order valence-corrected chi connectivity index (χ2v) is 5.10. The normalized spacial score (nSPS) is 26.1. The third kappa shape index (κ3) is 3.25. The molecule has 2 heteroatoms. The van der Waals surface area contributed by atoms with Gasteiger partial charge >= 0.3 is 0 Å². The molecule has 1 aliphatic rings. The second-order valence-electron chi connectivity index (χ2n) is 5.10. The molecule has 1 saturated carbocycles. The molecule has 0 heterocycles. The Kier molecular flexibility index (Phi) is 4.39. The quantitative estimate of drug-likeness (QED) is 0.636. The highest BCUT2D eigenvalue weighted by molar-refractivity contribution is 5.01. The van der Waals surface area contributed by atoms with Crippen LogP contribution in [0.15, 0.2) is 0 Å². The van der Waals surface area contributed by atoms with Gasteiger partial charge < -0.3 is 10.1 Å². The first kappa shape index (κ1) is 12.0. The van der Waals surface area contributed by atoms with Crippen LogP contribution in [-0.4, -0.2) is 26.3 Å². The Hall–Kier alpha value is -0.0800. The van der Waals surface area contributed by atoms with Crippen molar-refractivity contribution in [1.29, 1.82) is 0 Å². The van der Waals surface area contributed by atoms with Gasteiger partial charge in [-0.2, -0.15) is 0 Å². The topological polar surface area (TPSA) is 21.3 Å². The predicted octanol–water partition coefficient (Wildman–Crippen LogP) is 2.44. The fraction of sp³-hybridized carbons (Fsp3) is 1.00. The van der Waals surface area contributed by atoms with Gasteiger partial charge in [-0.1, -0.05) is 20.8 Å². The van der Waals surface area contributed by atoms with E-state index in [1.807, 2.05) is 0 Å². The molecule has 0 aromatic heterocycles. The van der Waals surface area contributed by atoms with Crippen molar-refractivity contribution in [2.24, 2.45) is 11.3 Å². The van der Waals surface area contributed by atoms with Gasteiger partial charge in [-0.3, -0.25) is 0 Å². The summed E-state index contributed by atoms with van der Waals surface area (Å²) in [7, 11) is 1.78. The van der Waals surface area contributed by atoms with Crippen molar-refractivity contribution in [2.75, 3.05) is 20.3 Å². The Balaban J connectivity index is 2.26. The first-order chi connectivity index (χ1) is 6.61. The standard InChI is InChI=1S/C12H25NO/c1-5-13-11(7-6-8-14-4)10-9-12(10,2)3/h10-11,13H,5-9H2,1-4H3. The highest BCUT2D eigenvalue weighted by Crippen LogP contribution is 2.54. The molecule has 0 saturated heterocycles. The molecule has 0 aromatic carbocycles. The summed E-state index contributed by atoms with van der Waals surface area (Å²) >= 11 is 0. The van der Waals surface area contributed by atoms with Gasteiger partial charge in [0, 0.05) is 19.8 Å². The Morgan fingerprint density at radius 2 is 2.14 bits per heavy atom. The van der Waals surface area contributed by atoms with Gasteiger partial charge in [0.25, 0.3) is 0 Å². The van der Waals surface area contributed by atoms with Crippen LogP contribution < -0.4 is 5.32 Å². The van der Waals surface area contributed by atoms with Crippen LogP contribution in [0.1, 0.15) is 40.0 Å². The molecule has 0 amide bonds. The molecule has 1 N–H and O–H groups in total. The molecule has 14 heavy (non-hydrogen) atoms. The lowest BCUT2D eigenvalue weighted by molar-refractivity contribution is 0.186. The number of hydrogen-bond donors (Lipinski definition) is 1. The van der Waals surface area contributed by atoms with Crippen LogP contribution in [-0.2, 0) is 4.74 Å². The molecule has 1 fully saturated rings. The molecular formula is C12H25NO. The first-order valence-electron chi connectivity index (χ1n) is 5.84. The Morgan fingerprint density at radius 1 is 1.50 bits per heavy atom. The summed E-state index contributed by atoms with van der Waals surface area (Å²) in [5, 5.41) is 3.60. The maximum atomic E-state index is 5.09. The van der Waals surface area contributed by atoms with Gasteiger partial charge in [0.2, 0.25) is 0 Å². The fourth-order valence-electron chi connectivity index (χ4n) is 2.35. The summed E-state index contributed by atoms with van der Waals surface area (Å²) < 4.78 is 5.09. The van der Waals surface area contributed by atoms with Gasteiger partial charge in [-0.25, -0.2) is 0 Å². The van der Waals surface area contributed by atoms with Crippen LogP contribution >= 0.6 is 0 Å². The van der Waals surface area contributed by atoms with Crippen molar-refractivity contribution in [3.8, 4) is 0 Å². The summed E-state index contributed by atoms with van der Waals surface area (Å²) in [5.74, 6) is 0.888. The molecule has 1 rings (SSSR count). The zero-order valence-electron chi connectivity index (χ0n) is 10.1. The molecule has 2 nitrogen and oxygen atoms in total. The zero-order valence-corrected chi connectivity index (χ0v) is 10.1. The number of methoxy groups -OCH3 is 1. The van der Waals surface area contributed by atoms with E-state index in [4.69, 9.17) is 4.74 Å². The largest absolute Gasteiger partial charge is 0.385 e. The van der Waals surface area contributed by atoms with E-state index in [9.17, 15) is 0 Å². The minimum atomic E-state index is 0.583. The Bertz CT molecular complexity index is 168. The molecule has 0 aliphatic heterocycles. The van der Waals surface area contributed by atoms with Gasteiger partial charge in [-0.05, 0) is 37.1 Å². The van der Waals surface area contributed by atoms with Crippen molar-refractivity contribution >= 4 is 0 Å². The van der Waals surface area contributed by atoms with Gasteiger partial charge in [0.1, 0.15) is 0 Å². The van der Waals surface area contributed by atoms with Gasteiger partial charge in [0.15, 0.2) is 0 Å². The molecule has 2 unspecified atom stereocenters. The number of ether oxygens (including phenoxy) is 1. The smallest absolute Gasteiger partial charge is 0.0462 e. The first-order valence-corrected chi connectivity index (χ1v) is 5.84. The van der Waals surface area contributed by atoms with Crippen LogP contribution in [0.3, 0.4) is 0 Å². The Morgan fingerprint density at radius 3 is 2.57 bits per heavy atom. The summed E-state index contributed by atoms with van der Waals surface area (Å²) in [6.45, 7) is 8.93. The lowest BCUT2D eigenvalue weighted by Gasteiger charge is -2.19. The molecule has 0 spiro atoms. The van der Waals surface area contributed by atoms with Gasteiger partial charge in [0.05, 0.1) is 0 Å². The van der Waals surface area contributed by atoms with Crippen molar-refractivity contribution in [3.63, 3.8) is 0 Å². The minimum Gasteiger partial charge on any atom is -0.385 e. The maximum Gasteiger partial charge on any atom is 0.0462 e. The number of nitrogens with one attached hydrogen (secondary N) is 1. The van der Waals surface area contributed by atoms with E-state index in [0.717, 1.165) is 19.1 Å². The summed E-state index contributed by atoms with van der Waals surface area (Å²) in [6, 6.07) is 0.713. The molecule has 84 valence electrons. The van der Waals surface area contributed by atoms with Crippen molar-refractivity contribution in [1.82, 2.24) is 5.32 Å². The van der Waals surface area contributed by atoms with E-state index >= 15 is 0 Å². The van der Waals surface area contributed by atoms with Crippen LogP contribution in [0.2, 0.25) is 0 Å². The lowest BCUT2D eigenvalue weighted by atomic mass is 10.00. The van der Waals surface area contributed by atoms with E-state index in [2.05, 4.69) is 26.1 Å². The van der Waals surface area contributed by atoms with Crippen LogP contribution in [0.5, 0.6) is 0 Å². The SMILES string of the molecule is CCNC(CCCOC)C1CC1(C)C. The average molecular weight is 199 g/mol.